The fourth-order valence-electron chi connectivity index (χ4n) is 2.66. The number of benzene rings is 1. The van der Waals surface area contributed by atoms with E-state index in [0.29, 0.717) is 0 Å². The molecule has 2 rings (SSSR count). The van der Waals surface area contributed by atoms with Gasteiger partial charge in [-0.25, -0.2) is 0 Å². The molecule has 1 aliphatic rings. The van der Waals surface area contributed by atoms with Gasteiger partial charge >= 0.3 is 0 Å². The van der Waals surface area contributed by atoms with E-state index < -0.39 is 0 Å². The molecule has 0 radical (unpaired) electrons. The van der Waals surface area contributed by atoms with Crippen LogP contribution in [0.25, 0.3) is 5.57 Å². The molecule has 0 saturated carbocycles. The molecule has 1 N–H and O–H groups in total. The van der Waals surface area contributed by atoms with E-state index in [1.165, 1.54) is 11.1 Å². The van der Waals surface area contributed by atoms with Gasteiger partial charge in [-0.2, -0.15) is 0 Å². The second-order valence-electron chi connectivity index (χ2n) is 5.88. The average Bonchev–Trinajstić information content (AvgIpc) is 2.33. The number of hydrogen-bond acceptors (Lipinski definition) is 2. The Bertz CT molecular complexity index is 443. The van der Waals surface area contributed by atoms with Gasteiger partial charge in [0.15, 0.2) is 0 Å². The first-order chi connectivity index (χ1) is 8.43. The normalized spacial score (nSPS) is 26.6. The van der Waals surface area contributed by atoms with Gasteiger partial charge in [0.25, 0.3) is 0 Å². The van der Waals surface area contributed by atoms with E-state index in [4.69, 9.17) is 4.74 Å². The first-order valence-corrected chi connectivity index (χ1v) is 6.48. The summed E-state index contributed by atoms with van der Waals surface area (Å²) in [6.45, 7) is 6.44. The van der Waals surface area contributed by atoms with Gasteiger partial charge in [0.1, 0.15) is 5.75 Å². The van der Waals surface area contributed by atoms with Crippen LogP contribution in [-0.4, -0.2) is 18.3 Å². The fraction of sp³-hybridized carbons (Fsp3) is 0.500. The van der Waals surface area contributed by atoms with Crippen LogP contribution >= 0.6 is 0 Å². The lowest BCUT2D eigenvalue weighted by Gasteiger charge is -2.36. The summed E-state index contributed by atoms with van der Waals surface area (Å²) in [5.41, 5.74) is 2.47. The molecular weight excluding hydrogens is 224 g/mol. The maximum Gasteiger partial charge on any atom is 0.118 e. The van der Waals surface area contributed by atoms with Crippen LogP contribution in [0.15, 0.2) is 30.3 Å². The number of aliphatic hydroxyl groups excluding tert-OH is 1. The minimum absolute atomic E-state index is 0.0567. The Morgan fingerprint density at radius 2 is 1.83 bits per heavy atom. The lowest BCUT2D eigenvalue weighted by molar-refractivity contribution is 0.0933. The van der Waals surface area contributed by atoms with Gasteiger partial charge < -0.3 is 9.84 Å². The summed E-state index contributed by atoms with van der Waals surface area (Å²) in [6, 6.07) is 8.07. The number of aliphatic hydroxyl groups is 1. The van der Waals surface area contributed by atoms with Crippen LogP contribution in [0.1, 0.15) is 32.8 Å². The minimum Gasteiger partial charge on any atom is -0.497 e. The molecule has 0 heterocycles. The van der Waals surface area contributed by atoms with Crippen LogP contribution in [0.4, 0.5) is 0 Å². The molecule has 98 valence electrons. The van der Waals surface area contributed by atoms with Gasteiger partial charge in [-0.15, -0.1) is 0 Å². The van der Waals surface area contributed by atoms with Crippen molar-refractivity contribution in [2.45, 2.75) is 33.3 Å². The molecule has 18 heavy (non-hydrogen) atoms. The van der Waals surface area contributed by atoms with Crippen LogP contribution < -0.4 is 4.74 Å². The summed E-state index contributed by atoms with van der Waals surface area (Å²) < 4.78 is 5.18. The third-order valence-corrected chi connectivity index (χ3v) is 3.77. The van der Waals surface area contributed by atoms with Crippen LogP contribution in [0.2, 0.25) is 0 Å². The van der Waals surface area contributed by atoms with Crippen molar-refractivity contribution in [3.8, 4) is 5.75 Å². The topological polar surface area (TPSA) is 29.5 Å². The number of rotatable bonds is 2. The summed E-state index contributed by atoms with van der Waals surface area (Å²) in [5.74, 6) is 1.05. The maximum absolute atomic E-state index is 10.2. The van der Waals surface area contributed by atoms with E-state index in [0.717, 1.165) is 12.2 Å². The molecule has 2 nitrogen and oxygen atoms in total. The van der Waals surface area contributed by atoms with Crippen molar-refractivity contribution in [1.82, 2.24) is 0 Å². The van der Waals surface area contributed by atoms with E-state index >= 15 is 0 Å². The predicted octanol–water partition coefficient (Wildman–Crippen LogP) is 3.51. The molecule has 2 atom stereocenters. The van der Waals surface area contributed by atoms with Crippen molar-refractivity contribution in [1.29, 1.82) is 0 Å². The van der Waals surface area contributed by atoms with E-state index in [9.17, 15) is 5.11 Å². The van der Waals surface area contributed by atoms with Gasteiger partial charge in [-0.3, -0.25) is 0 Å². The summed E-state index contributed by atoms with van der Waals surface area (Å²) in [7, 11) is 1.67. The smallest absolute Gasteiger partial charge is 0.118 e. The largest absolute Gasteiger partial charge is 0.497 e. The number of ether oxygens (including phenoxy) is 1. The minimum atomic E-state index is -0.262. The Kier molecular flexibility index (Phi) is 3.49. The molecule has 0 aromatic heterocycles. The van der Waals surface area contributed by atoms with Gasteiger partial charge in [0.2, 0.25) is 0 Å². The Hall–Kier alpha value is -1.28. The quantitative estimate of drug-likeness (QED) is 0.865. The molecule has 1 aromatic carbocycles. The van der Waals surface area contributed by atoms with Gasteiger partial charge in [0.05, 0.1) is 13.2 Å². The van der Waals surface area contributed by atoms with Crippen LogP contribution in [0.5, 0.6) is 5.75 Å². The first kappa shape index (κ1) is 13.2. The molecule has 0 bridgehead atoms. The number of methoxy groups -OCH3 is 1. The Balaban J connectivity index is 2.37. The third kappa shape index (κ3) is 2.59. The first-order valence-electron chi connectivity index (χ1n) is 6.48. The van der Waals surface area contributed by atoms with Crippen molar-refractivity contribution >= 4 is 5.57 Å². The fourth-order valence-corrected chi connectivity index (χ4v) is 2.66. The summed E-state index contributed by atoms with van der Waals surface area (Å²) in [4.78, 5) is 0. The molecule has 1 aromatic rings. The number of hydrogen-bond donors (Lipinski definition) is 1. The SMILES string of the molecule is COc1ccc(C2=CC(C)(C)C[C@@H](O)[C@H]2C)cc1. The molecule has 0 fully saturated rings. The molecule has 0 aliphatic heterocycles. The zero-order valence-electron chi connectivity index (χ0n) is 11.6. The Labute approximate surface area is 109 Å². The van der Waals surface area contributed by atoms with Gasteiger partial charge in [-0.05, 0) is 35.1 Å². The molecule has 0 amide bonds. The number of allylic oxidation sites excluding steroid dienone is 1. The lowest BCUT2D eigenvalue weighted by atomic mass is 9.72. The second kappa shape index (κ2) is 4.77. The van der Waals surface area contributed by atoms with Crippen molar-refractivity contribution in [2.75, 3.05) is 7.11 Å². The Morgan fingerprint density at radius 3 is 2.39 bits per heavy atom. The second-order valence-corrected chi connectivity index (χ2v) is 5.88. The molecule has 1 aliphatic carbocycles. The highest BCUT2D eigenvalue weighted by molar-refractivity contribution is 5.69. The summed E-state index contributed by atoms with van der Waals surface area (Å²) in [5, 5.41) is 10.2. The maximum atomic E-state index is 10.2. The zero-order chi connectivity index (χ0) is 13.3. The van der Waals surface area contributed by atoms with E-state index in [1.807, 2.05) is 12.1 Å². The highest BCUT2D eigenvalue weighted by Gasteiger charge is 2.32. The van der Waals surface area contributed by atoms with Crippen LogP contribution in [0, 0.1) is 11.3 Å². The lowest BCUT2D eigenvalue weighted by Crippen LogP contribution is -2.30. The molecule has 2 heteroatoms. The highest BCUT2D eigenvalue weighted by Crippen LogP contribution is 2.41. The molecular formula is C16H22O2. The average molecular weight is 246 g/mol. The third-order valence-electron chi connectivity index (χ3n) is 3.77. The van der Waals surface area contributed by atoms with Crippen molar-refractivity contribution in [3.63, 3.8) is 0 Å². The van der Waals surface area contributed by atoms with E-state index in [-0.39, 0.29) is 17.4 Å². The van der Waals surface area contributed by atoms with E-state index in [2.05, 4.69) is 39.0 Å². The summed E-state index contributed by atoms with van der Waals surface area (Å²) >= 11 is 0. The van der Waals surface area contributed by atoms with Gasteiger partial charge in [-0.1, -0.05) is 39.0 Å². The van der Waals surface area contributed by atoms with Crippen LogP contribution in [-0.2, 0) is 0 Å². The monoisotopic (exact) mass is 246 g/mol. The van der Waals surface area contributed by atoms with Gasteiger partial charge in [0, 0.05) is 5.92 Å². The molecule has 0 spiro atoms. The Morgan fingerprint density at radius 1 is 1.22 bits per heavy atom. The zero-order valence-corrected chi connectivity index (χ0v) is 11.6. The van der Waals surface area contributed by atoms with Crippen molar-refractivity contribution in [3.05, 3.63) is 35.9 Å². The van der Waals surface area contributed by atoms with E-state index in [1.54, 1.807) is 7.11 Å². The standard InChI is InChI=1S/C16H22O2/c1-11-14(9-16(2,3)10-15(11)17)12-5-7-13(18-4)8-6-12/h5-9,11,15,17H,10H2,1-4H3/t11-,15+/m0/s1. The molecule has 0 saturated heterocycles. The predicted molar refractivity (Wildman–Crippen MR) is 74.5 cm³/mol. The summed E-state index contributed by atoms with van der Waals surface area (Å²) in [6.07, 6.45) is 2.86. The highest BCUT2D eigenvalue weighted by atomic mass is 16.5. The van der Waals surface area contributed by atoms with Crippen LogP contribution in [0.3, 0.4) is 0 Å². The van der Waals surface area contributed by atoms with Crippen molar-refractivity contribution in [2.24, 2.45) is 11.3 Å². The van der Waals surface area contributed by atoms with Crippen molar-refractivity contribution < 1.29 is 9.84 Å². The molecule has 0 unspecified atom stereocenters.